The molecule has 0 unspecified atom stereocenters. The van der Waals surface area contributed by atoms with Crippen molar-refractivity contribution >= 4 is 18.0 Å². The number of nitrogens with zero attached hydrogens (tertiary/aromatic N) is 4. The maximum Gasteiger partial charge on any atom is 0.437 e. The van der Waals surface area contributed by atoms with E-state index >= 15 is 0 Å². The molecule has 0 saturated carbocycles. The number of guanidine groups is 1. The maximum absolute atomic E-state index is 11.4. The van der Waals surface area contributed by atoms with Crippen LogP contribution in [-0.2, 0) is 28.9 Å². The van der Waals surface area contributed by atoms with Gasteiger partial charge in [-0.15, -0.1) is 4.99 Å². The zero-order valence-electron chi connectivity index (χ0n) is 15.6. The molecule has 0 radical (unpaired) electrons. The molecule has 1 saturated heterocycles. The second-order valence-electron chi connectivity index (χ2n) is 6.40. The smallest absolute Gasteiger partial charge is 0.437 e. The Hall–Kier alpha value is -3.20. The number of nitrogens with two attached hydrogens (primary N) is 2. The van der Waals surface area contributed by atoms with Gasteiger partial charge in [0.2, 0.25) is 5.95 Å². The van der Waals surface area contributed by atoms with E-state index in [4.69, 9.17) is 20.9 Å². The lowest BCUT2D eigenvalue weighted by Crippen LogP contribution is -2.37. The molecule has 1 aromatic carbocycles. The first-order valence-corrected chi connectivity index (χ1v) is 9.08. The SMILES string of the molecule is NC(N)=NC(=O)OCc1cccc(CCc2cnc(N3CCOCC3)nc2)c1. The van der Waals surface area contributed by atoms with Crippen LogP contribution in [-0.4, -0.2) is 48.3 Å². The zero-order chi connectivity index (χ0) is 19.8. The Morgan fingerprint density at radius 1 is 1.11 bits per heavy atom. The van der Waals surface area contributed by atoms with E-state index in [1.165, 1.54) is 0 Å². The summed E-state index contributed by atoms with van der Waals surface area (Å²) >= 11 is 0. The van der Waals surface area contributed by atoms with Crippen LogP contribution in [0.4, 0.5) is 10.7 Å². The number of hydrogen-bond donors (Lipinski definition) is 2. The second kappa shape index (κ2) is 9.65. The molecule has 0 aliphatic carbocycles. The van der Waals surface area contributed by atoms with Gasteiger partial charge in [-0.1, -0.05) is 24.3 Å². The summed E-state index contributed by atoms with van der Waals surface area (Å²) < 4.78 is 10.4. The van der Waals surface area contributed by atoms with Crippen molar-refractivity contribution in [3.63, 3.8) is 0 Å². The maximum atomic E-state index is 11.4. The van der Waals surface area contributed by atoms with Crippen molar-refractivity contribution in [1.82, 2.24) is 9.97 Å². The van der Waals surface area contributed by atoms with E-state index in [-0.39, 0.29) is 12.6 Å². The van der Waals surface area contributed by atoms with Crippen LogP contribution in [0.1, 0.15) is 16.7 Å². The Labute approximate surface area is 163 Å². The summed E-state index contributed by atoms with van der Waals surface area (Å²) in [6.07, 6.45) is 4.59. The van der Waals surface area contributed by atoms with E-state index in [1.54, 1.807) is 0 Å². The normalized spacial score (nSPS) is 13.8. The number of carbonyl (C=O) groups is 1. The number of morpholine rings is 1. The third-order valence-electron chi connectivity index (χ3n) is 4.26. The van der Waals surface area contributed by atoms with Gasteiger partial charge in [0.1, 0.15) is 6.61 Å². The molecule has 3 rings (SSSR count). The number of rotatable bonds is 6. The number of ether oxygens (including phenoxy) is 2. The summed E-state index contributed by atoms with van der Waals surface area (Å²) in [5.41, 5.74) is 13.4. The first-order valence-electron chi connectivity index (χ1n) is 9.08. The minimum Gasteiger partial charge on any atom is -0.443 e. The van der Waals surface area contributed by atoms with Gasteiger partial charge in [-0.2, -0.15) is 0 Å². The van der Waals surface area contributed by atoms with Crippen molar-refractivity contribution < 1.29 is 14.3 Å². The van der Waals surface area contributed by atoms with Crippen molar-refractivity contribution in [2.45, 2.75) is 19.4 Å². The van der Waals surface area contributed by atoms with Gasteiger partial charge in [0.25, 0.3) is 0 Å². The Bertz CT molecular complexity index is 815. The molecule has 9 heteroatoms. The molecular weight excluding hydrogens is 360 g/mol. The van der Waals surface area contributed by atoms with Crippen LogP contribution in [0.25, 0.3) is 0 Å². The van der Waals surface area contributed by atoms with Crippen LogP contribution >= 0.6 is 0 Å². The van der Waals surface area contributed by atoms with Gasteiger partial charge >= 0.3 is 6.09 Å². The van der Waals surface area contributed by atoms with Gasteiger partial charge in [0.05, 0.1) is 13.2 Å². The van der Waals surface area contributed by atoms with Crippen molar-refractivity contribution in [3.8, 4) is 0 Å². The minimum absolute atomic E-state index is 0.112. The molecule has 9 nitrogen and oxygen atoms in total. The summed E-state index contributed by atoms with van der Waals surface area (Å²) in [5.74, 6) is 0.428. The van der Waals surface area contributed by atoms with Crippen LogP contribution in [0.15, 0.2) is 41.7 Å². The van der Waals surface area contributed by atoms with Crippen LogP contribution in [0.2, 0.25) is 0 Å². The fourth-order valence-electron chi connectivity index (χ4n) is 2.85. The molecule has 1 aliphatic rings. The highest BCUT2D eigenvalue weighted by atomic mass is 16.5. The molecule has 4 N–H and O–H groups in total. The van der Waals surface area contributed by atoms with Crippen LogP contribution in [0.5, 0.6) is 0 Å². The number of benzene rings is 1. The van der Waals surface area contributed by atoms with Gasteiger partial charge in [-0.05, 0) is 29.5 Å². The highest BCUT2D eigenvalue weighted by Gasteiger charge is 2.13. The number of aliphatic imine (C=N–C) groups is 1. The van der Waals surface area contributed by atoms with Gasteiger partial charge in [-0.3, -0.25) is 0 Å². The van der Waals surface area contributed by atoms with Gasteiger partial charge in [0, 0.05) is 25.5 Å². The van der Waals surface area contributed by atoms with E-state index in [1.807, 2.05) is 36.7 Å². The lowest BCUT2D eigenvalue weighted by atomic mass is 10.0. The number of anilines is 1. The van der Waals surface area contributed by atoms with Crippen LogP contribution in [0, 0.1) is 0 Å². The highest BCUT2D eigenvalue weighted by Crippen LogP contribution is 2.13. The first-order chi connectivity index (χ1) is 13.6. The van der Waals surface area contributed by atoms with Crippen LogP contribution < -0.4 is 16.4 Å². The van der Waals surface area contributed by atoms with Crippen molar-refractivity contribution in [1.29, 1.82) is 0 Å². The van der Waals surface area contributed by atoms with Crippen molar-refractivity contribution in [2.75, 3.05) is 31.2 Å². The molecule has 1 aromatic heterocycles. The van der Waals surface area contributed by atoms with Gasteiger partial charge < -0.3 is 25.8 Å². The van der Waals surface area contributed by atoms with E-state index < -0.39 is 6.09 Å². The van der Waals surface area contributed by atoms with Crippen LogP contribution in [0.3, 0.4) is 0 Å². The van der Waals surface area contributed by atoms with E-state index in [9.17, 15) is 4.79 Å². The Morgan fingerprint density at radius 2 is 1.79 bits per heavy atom. The number of aromatic nitrogens is 2. The zero-order valence-corrected chi connectivity index (χ0v) is 15.6. The largest absolute Gasteiger partial charge is 0.443 e. The fraction of sp³-hybridized carbons (Fsp3) is 0.368. The number of carbonyl (C=O) groups excluding carboxylic acids is 1. The predicted molar refractivity (Wildman–Crippen MR) is 105 cm³/mol. The van der Waals surface area contributed by atoms with Crippen molar-refractivity contribution in [3.05, 3.63) is 53.3 Å². The number of amides is 1. The Kier molecular flexibility index (Phi) is 6.74. The first kappa shape index (κ1) is 19.6. The summed E-state index contributed by atoms with van der Waals surface area (Å²) in [6.45, 7) is 3.17. The van der Waals surface area contributed by atoms with E-state index in [0.717, 1.165) is 48.6 Å². The van der Waals surface area contributed by atoms with Gasteiger partial charge in [0.15, 0.2) is 5.96 Å². The van der Waals surface area contributed by atoms with Crippen molar-refractivity contribution in [2.24, 2.45) is 16.5 Å². The fourth-order valence-corrected chi connectivity index (χ4v) is 2.85. The minimum atomic E-state index is -0.803. The lowest BCUT2D eigenvalue weighted by molar-refractivity contribution is 0.122. The molecule has 1 fully saturated rings. The Morgan fingerprint density at radius 3 is 2.50 bits per heavy atom. The number of hydrogen-bond acceptors (Lipinski definition) is 6. The monoisotopic (exact) mass is 384 g/mol. The number of aryl methyl sites for hydroxylation is 2. The highest BCUT2D eigenvalue weighted by molar-refractivity contribution is 5.87. The summed E-state index contributed by atoms with van der Waals surface area (Å²) in [7, 11) is 0. The summed E-state index contributed by atoms with van der Waals surface area (Å²) in [5, 5.41) is 0. The van der Waals surface area contributed by atoms with E-state index in [2.05, 4.69) is 19.9 Å². The quantitative estimate of drug-likeness (QED) is 0.558. The molecule has 0 bridgehead atoms. The average molecular weight is 384 g/mol. The second-order valence-corrected chi connectivity index (χ2v) is 6.40. The average Bonchev–Trinajstić information content (AvgIpc) is 2.72. The van der Waals surface area contributed by atoms with E-state index in [0.29, 0.717) is 13.2 Å². The lowest BCUT2D eigenvalue weighted by Gasteiger charge is -2.26. The molecule has 0 spiro atoms. The Balaban J connectivity index is 1.51. The molecule has 1 aliphatic heterocycles. The third-order valence-corrected chi connectivity index (χ3v) is 4.26. The topological polar surface area (TPSA) is 129 Å². The summed E-state index contributed by atoms with van der Waals surface area (Å²) in [4.78, 5) is 25.8. The third kappa shape index (κ3) is 5.92. The molecule has 148 valence electrons. The molecule has 2 heterocycles. The molecule has 2 aromatic rings. The molecule has 0 atom stereocenters. The summed E-state index contributed by atoms with van der Waals surface area (Å²) in [6, 6.07) is 7.83. The van der Waals surface area contributed by atoms with Gasteiger partial charge in [-0.25, -0.2) is 14.8 Å². The molecule has 28 heavy (non-hydrogen) atoms. The molecule has 1 amide bonds. The molecular formula is C19H24N6O3. The standard InChI is InChI=1S/C19H24N6O3/c20-17(21)24-19(26)28-13-15-3-1-2-14(10-15)4-5-16-11-22-18(23-12-16)25-6-8-27-9-7-25/h1-3,10-12H,4-9,13H2,(H4,20,21,24,26). The predicted octanol–water partition coefficient (Wildman–Crippen LogP) is 1.01.